The Morgan fingerprint density at radius 3 is 2.42 bits per heavy atom. The molecule has 0 N–H and O–H groups in total. The molecule has 1 heterocycles. The zero-order valence-electron chi connectivity index (χ0n) is 7.96. The van der Waals surface area contributed by atoms with E-state index in [-0.39, 0.29) is 0 Å². The molecule has 1 fully saturated rings. The van der Waals surface area contributed by atoms with Gasteiger partial charge >= 0.3 is 0 Å². The van der Waals surface area contributed by atoms with Gasteiger partial charge in [0.15, 0.2) is 0 Å². The molecule has 1 nitrogen and oxygen atoms in total. The third kappa shape index (κ3) is 1.40. The highest BCUT2D eigenvalue weighted by Crippen LogP contribution is 2.43. The molecule has 1 aromatic heterocycles. The largest absolute Gasteiger partial charge is 0.351 e. The fourth-order valence-corrected chi connectivity index (χ4v) is 2.25. The van der Waals surface area contributed by atoms with Crippen molar-refractivity contribution >= 4 is 0 Å². The van der Waals surface area contributed by atoms with E-state index in [9.17, 15) is 0 Å². The van der Waals surface area contributed by atoms with E-state index >= 15 is 0 Å². The summed E-state index contributed by atoms with van der Waals surface area (Å²) in [7, 11) is 0. The summed E-state index contributed by atoms with van der Waals surface area (Å²) in [5.41, 5.74) is 0.564. The Bertz CT molecular complexity index is 246. The lowest BCUT2D eigenvalue weighted by Gasteiger charge is -2.17. The molecule has 0 amide bonds. The van der Waals surface area contributed by atoms with E-state index in [1.807, 2.05) is 0 Å². The predicted molar refractivity (Wildman–Crippen MR) is 51.1 cm³/mol. The Balaban J connectivity index is 2.10. The van der Waals surface area contributed by atoms with Crippen LogP contribution in [0.25, 0.3) is 0 Å². The molecule has 0 aliphatic heterocycles. The lowest BCUT2D eigenvalue weighted by atomic mass is 9.92. The fraction of sp³-hybridized carbons (Fsp3) is 0.636. The minimum Gasteiger partial charge on any atom is -0.351 e. The van der Waals surface area contributed by atoms with Crippen molar-refractivity contribution in [2.45, 2.75) is 39.2 Å². The fourth-order valence-electron chi connectivity index (χ4n) is 2.25. The molecule has 0 saturated heterocycles. The first-order valence-corrected chi connectivity index (χ1v) is 4.80. The molecule has 1 atom stereocenters. The highest BCUT2D eigenvalue weighted by Gasteiger charge is 2.31. The minimum atomic E-state index is 0.564. The van der Waals surface area contributed by atoms with Gasteiger partial charge in [0.25, 0.3) is 0 Å². The summed E-state index contributed by atoms with van der Waals surface area (Å²) in [6.45, 7) is 4.74. The Labute approximate surface area is 74.4 Å². The van der Waals surface area contributed by atoms with Crippen LogP contribution in [0, 0.1) is 5.41 Å². The molecule has 1 aliphatic carbocycles. The van der Waals surface area contributed by atoms with Crippen molar-refractivity contribution in [1.82, 2.24) is 4.57 Å². The molecule has 0 spiro atoms. The monoisotopic (exact) mass is 163 g/mol. The van der Waals surface area contributed by atoms with Gasteiger partial charge in [0.2, 0.25) is 0 Å². The van der Waals surface area contributed by atoms with Gasteiger partial charge in [-0.25, -0.2) is 0 Å². The molecule has 0 radical (unpaired) electrons. The van der Waals surface area contributed by atoms with Crippen molar-refractivity contribution in [3.63, 3.8) is 0 Å². The average molecular weight is 163 g/mol. The van der Waals surface area contributed by atoms with Gasteiger partial charge in [-0.2, -0.15) is 0 Å². The third-order valence-corrected chi connectivity index (χ3v) is 2.99. The second-order valence-corrected chi connectivity index (χ2v) is 4.69. The van der Waals surface area contributed by atoms with Gasteiger partial charge < -0.3 is 4.57 Å². The first-order valence-electron chi connectivity index (χ1n) is 4.80. The molecule has 1 heteroatoms. The van der Waals surface area contributed by atoms with Gasteiger partial charge in [0.1, 0.15) is 0 Å². The number of aromatic nitrogens is 1. The number of hydrogen-bond acceptors (Lipinski definition) is 0. The number of nitrogens with zero attached hydrogens (tertiary/aromatic N) is 1. The van der Waals surface area contributed by atoms with E-state index in [2.05, 4.69) is 42.9 Å². The molecule has 0 bridgehead atoms. The highest BCUT2D eigenvalue weighted by molar-refractivity contribution is 4.96. The third-order valence-electron chi connectivity index (χ3n) is 2.99. The SMILES string of the molecule is CC1(C)CCC(n2cccc2)C1. The van der Waals surface area contributed by atoms with Crippen molar-refractivity contribution in [2.24, 2.45) is 5.41 Å². The molecule has 1 aliphatic rings. The van der Waals surface area contributed by atoms with Crippen molar-refractivity contribution in [3.05, 3.63) is 24.5 Å². The molecule has 1 saturated carbocycles. The van der Waals surface area contributed by atoms with Gasteiger partial charge in [-0.05, 0) is 36.8 Å². The van der Waals surface area contributed by atoms with Crippen LogP contribution in [0.3, 0.4) is 0 Å². The second-order valence-electron chi connectivity index (χ2n) is 4.69. The van der Waals surface area contributed by atoms with Crippen molar-refractivity contribution in [3.8, 4) is 0 Å². The molecular weight excluding hydrogens is 146 g/mol. The Morgan fingerprint density at radius 1 is 1.25 bits per heavy atom. The average Bonchev–Trinajstić information content (AvgIpc) is 2.55. The van der Waals surface area contributed by atoms with Crippen LogP contribution in [-0.2, 0) is 0 Å². The smallest absolute Gasteiger partial charge is 0.0335 e. The van der Waals surface area contributed by atoms with E-state index in [0.29, 0.717) is 5.41 Å². The van der Waals surface area contributed by atoms with E-state index in [1.165, 1.54) is 19.3 Å². The molecular formula is C11H17N. The van der Waals surface area contributed by atoms with E-state index in [0.717, 1.165) is 6.04 Å². The summed E-state index contributed by atoms with van der Waals surface area (Å²) >= 11 is 0. The number of hydrogen-bond donors (Lipinski definition) is 0. The maximum Gasteiger partial charge on any atom is 0.0335 e. The summed E-state index contributed by atoms with van der Waals surface area (Å²) in [5, 5.41) is 0. The van der Waals surface area contributed by atoms with Crippen LogP contribution < -0.4 is 0 Å². The predicted octanol–water partition coefficient (Wildman–Crippen LogP) is 3.24. The summed E-state index contributed by atoms with van der Waals surface area (Å²) in [6, 6.07) is 4.99. The standard InChI is InChI=1S/C11H17N/c1-11(2)6-5-10(9-11)12-7-3-4-8-12/h3-4,7-8,10H,5-6,9H2,1-2H3. The molecule has 12 heavy (non-hydrogen) atoms. The quantitative estimate of drug-likeness (QED) is 0.599. The lowest BCUT2D eigenvalue weighted by molar-refractivity contribution is 0.359. The van der Waals surface area contributed by atoms with Crippen LogP contribution in [0.5, 0.6) is 0 Å². The van der Waals surface area contributed by atoms with Gasteiger partial charge in [-0.3, -0.25) is 0 Å². The van der Waals surface area contributed by atoms with Crippen molar-refractivity contribution in [2.75, 3.05) is 0 Å². The minimum absolute atomic E-state index is 0.564. The topological polar surface area (TPSA) is 4.93 Å². The van der Waals surface area contributed by atoms with Crippen LogP contribution in [0.4, 0.5) is 0 Å². The molecule has 1 aromatic rings. The molecule has 2 rings (SSSR count). The van der Waals surface area contributed by atoms with Gasteiger partial charge in [-0.1, -0.05) is 13.8 Å². The number of rotatable bonds is 1. The van der Waals surface area contributed by atoms with E-state index < -0.39 is 0 Å². The normalized spacial score (nSPS) is 27.7. The maximum absolute atomic E-state index is 2.37. The molecule has 1 unspecified atom stereocenters. The Kier molecular flexibility index (Phi) is 1.75. The molecule has 0 aromatic carbocycles. The van der Waals surface area contributed by atoms with Crippen LogP contribution in [0.1, 0.15) is 39.2 Å². The first kappa shape index (κ1) is 7.90. The first-order chi connectivity index (χ1) is 5.67. The van der Waals surface area contributed by atoms with E-state index in [1.54, 1.807) is 0 Å². The second kappa shape index (κ2) is 2.65. The molecule has 66 valence electrons. The highest BCUT2D eigenvalue weighted by atomic mass is 15.0. The van der Waals surface area contributed by atoms with Crippen LogP contribution >= 0.6 is 0 Å². The van der Waals surface area contributed by atoms with Gasteiger partial charge in [0, 0.05) is 18.4 Å². The van der Waals surface area contributed by atoms with Crippen LogP contribution in [-0.4, -0.2) is 4.57 Å². The zero-order valence-corrected chi connectivity index (χ0v) is 7.96. The Hall–Kier alpha value is -0.720. The zero-order chi connectivity index (χ0) is 8.60. The maximum atomic E-state index is 2.37. The summed E-state index contributed by atoms with van der Waals surface area (Å²) in [5.74, 6) is 0. The lowest BCUT2D eigenvalue weighted by Crippen LogP contribution is -2.07. The van der Waals surface area contributed by atoms with Crippen molar-refractivity contribution < 1.29 is 0 Å². The van der Waals surface area contributed by atoms with Gasteiger partial charge in [0.05, 0.1) is 0 Å². The van der Waals surface area contributed by atoms with Crippen molar-refractivity contribution in [1.29, 1.82) is 0 Å². The Morgan fingerprint density at radius 2 is 1.92 bits per heavy atom. The summed E-state index contributed by atoms with van der Waals surface area (Å²) < 4.78 is 2.36. The summed E-state index contributed by atoms with van der Waals surface area (Å²) in [4.78, 5) is 0. The van der Waals surface area contributed by atoms with Crippen LogP contribution in [0.15, 0.2) is 24.5 Å². The van der Waals surface area contributed by atoms with Gasteiger partial charge in [-0.15, -0.1) is 0 Å². The van der Waals surface area contributed by atoms with E-state index in [4.69, 9.17) is 0 Å². The van der Waals surface area contributed by atoms with Crippen LogP contribution in [0.2, 0.25) is 0 Å². The summed E-state index contributed by atoms with van der Waals surface area (Å²) in [6.07, 6.45) is 8.43.